The molecule has 1 unspecified atom stereocenters. The predicted molar refractivity (Wildman–Crippen MR) is 88.0 cm³/mol. The van der Waals surface area contributed by atoms with Gasteiger partial charge in [-0.25, -0.2) is 0 Å². The van der Waals surface area contributed by atoms with Crippen LogP contribution in [0.1, 0.15) is 41.6 Å². The number of carbonyl (C=O) groups is 5. The summed E-state index contributed by atoms with van der Waals surface area (Å²) in [6.07, 6.45) is 0.0525. The quantitative estimate of drug-likeness (QED) is 0.646. The van der Waals surface area contributed by atoms with E-state index in [0.29, 0.717) is 16.8 Å². The molecule has 1 saturated heterocycles. The standard InChI is InChI=1S/C17H17N3O6/c21-13(5-6-15(23)24)18-10-1-2-11-9(7-10)8-20(17(11)26)12-3-4-14(22)19-16(12)25/h1-2,7,12H,3-6,8H2,(H,18,21)(H,23,24)(H,19,22,25). The second-order valence-corrected chi connectivity index (χ2v) is 6.21. The highest BCUT2D eigenvalue weighted by molar-refractivity contribution is 6.05. The topological polar surface area (TPSA) is 133 Å². The molecule has 9 heteroatoms. The molecule has 2 heterocycles. The lowest BCUT2D eigenvalue weighted by Crippen LogP contribution is -2.52. The first-order valence-corrected chi connectivity index (χ1v) is 8.14. The van der Waals surface area contributed by atoms with Crippen LogP contribution in [0.3, 0.4) is 0 Å². The Bertz CT molecular complexity index is 819. The molecule has 2 aliphatic rings. The summed E-state index contributed by atoms with van der Waals surface area (Å²) in [5.74, 6) is -2.61. The van der Waals surface area contributed by atoms with Crippen LogP contribution in [0.25, 0.3) is 0 Å². The van der Waals surface area contributed by atoms with Gasteiger partial charge in [-0.15, -0.1) is 0 Å². The van der Waals surface area contributed by atoms with Crippen molar-refractivity contribution in [2.75, 3.05) is 5.32 Å². The summed E-state index contributed by atoms with van der Waals surface area (Å²) in [5.41, 5.74) is 1.56. The molecule has 0 aliphatic carbocycles. The maximum Gasteiger partial charge on any atom is 0.303 e. The second kappa shape index (κ2) is 6.95. The molecule has 0 bridgehead atoms. The van der Waals surface area contributed by atoms with Crippen molar-refractivity contribution in [3.63, 3.8) is 0 Å². The zero-order valence-electron chi connectivity index (χ0n) is 13.8. The third-order valence-corrected chi connectivity index (χ3v) is 4.37. The molecule has 1 atom stereocenters. The van der Waals surface area contributed by atoms with E-state index < -0.39 is 23.8 Å². The van der Waals surface area contributed by atoms with Crippen LogP contribution in [0.2, 0.25) is 0 Å². The van der Waals surface area contributed by atoms with Gasteiger partial charge < -0.3 is 15.3 Å². The molecule has 0 aromatic heterocycles. The van der Waals surface area contributed by atoms with Crippen molar-refractivity contribution in [2.45, 2.75) is 38.3 Å². The number of imide groups is 1. The Kier molecular flexibility index (Phi) is 4.70. The number of amides is 4. The van der Waals surface area contributed by atoms with Crippen LogP contribution in [-0.4, -0.2) is 45.6 Å². The lowest BCUT2D eigenvalue weighted by Gasteiger charge is -2.29. The van der Waals surface area contributed by atoms with Crippen LogP contribution in [0, 0.1) is 0 Å². The molecule has 0 spiro atoms. The lowest BCUT2D eigenvalue weighted by atomic mass is 10.0. The van der Waals surface area contributed by atoms with E-state index in [2.05, 4.69) is 10.6 Å². The molecule has 0 saturated carbocycles. The number of fused-ring (bicyclic) bond motifs is 1. The average Bonchev–Trinajstić information content (AvgIpc) is 2.89. The van der Waals surface area contributed by atoms with Gasteiger partial charge in [0.2, 0.25) is 17.7 Å². The summed E-state index contributed by atoms with van der Waals surface area (Å²) in [5, 5.41) is 13.4. The number of piperidine rings is 1. The first kappa shape index (κ1) is 17.6. The number of hydrogen-bond donors (Lipinski definition) is 3. The largest absolute Gasteiger partial charge is 0.481 e. The monoisotopic (exact) mass is 359 g/mol. The number of rotatable bonds is 5. The van der Waals surface area contributed by atoms with Crippen molar-refractivity contribution in [2.24, 2.45) is 0 Å². The average molecular weight is 359 g/mol. The van der Waals surface area contributed by atoms with Crippen LogP contribution >= 0.6 is 0 Å². The summed E-state index contributed by atoms with van der Waals surface area (Å²) >= 11 is 0. The Balaban J connectivity index is 1.70. The molecular formula is C17H17N3O6. The molecule has 1 fully saturated rings. The Labute approximate surface area is 148 Å². The molecule has 26 heavy (non-hydrogen) atoms. The van der Waals surface area contributed by atoms with Gasteiger partial charge >= 0.3 is 5.97 Å². The van der Waals surface area contributed by atoms with Gasteiger partial charge in [-0.3, -0.25) is 29.3 Å². The van der Waals surface area contributed by atoms with Gasteiger partial charge in [0.05, 0.1) is 6.42 Å². The third-order valence-electron chi connectivity index (χ3n) is 4.37. The van der Waals surface area contributed by atoms with E-state index in [-0.39, 0.29) is 44.0 Å². The third kappa shape index (κ3) is 3.56. The van der Waals surface area contributed by atoms with Crippen molar-refractivity contribution in [1.82, 2.24) is 10.2 Å². The van der Waals surface area contributed by atoms with Crippen LogP contribution in [0.15, 0.2) is 18.2 Å². The van der Waals surface area contributed by atoms with E-state index in [9.17, 15) is 24.0 Å². The lowest BCUT2D eigenvalue weighted by molar-refractivity contribution is -0.138. The van der Waals surface area contributed by atoms with Crippen LogP contribution in [0.5, 0.6) is 0 Å². The van der Waals surface area contributed by atoms with Gasteiger partial charge in [0.15, 0.2) is 0 Å². The van der Waals surface area contributed by atoms with Crippen LogP contribution < -0.4 is 10.6 Å². The van der Waals surface area contributed by atoms with E-state index in [0.717, 1.165) is 0 Å². The van der Waals surface area contributed by atoms with Gasteiger partial charge in [-0.1, -0.05) is 0 Å². The molecule has 136 valence electrons. The van der Waals surface area contributed by atoms with Gasteiger partial charge in [0, 0.05) is 30.6 Å². The molecule has 2 aliphatic heterocycles. The molecule has 3 rings (SSSR count). The first-order chi connectivity index (χ1) is 12.3. The zero-order chi connectivity index (χ0) is 18.8. The van der Waals surface area contributed by atoms with E-state index >= 15 is 0 Å². The van der Waals surface area contributed by atoms with Crippen molar-refractivity contribution in [3.8, 4) is 0 Å². The normalized spacial score (nSPS) is 19.2. The number of carboxylic acids is 1. The molecule has 9 nitrogen and oxygen atoms in total. The zero-order valence-corrected chi connectivity index (χ0v) is 13.8. The smallest absolute Gasteiger partial charge is 0.303 e. The SMILES string of the molecule is O=C(O)CCC(=O)Nc1ccc2c(c1)CN(C1CCC(=O)NC1=O)C2=O. The Morgan fingerprint density at radius 2 is 2.00 bits per heavy atom. The van der Waals surface area contributed by atoms with Gasteiger partial charge in [0.1, 0.15) is 6.04 Å². The Morgan fingerprint density at radius 1 is 1.23 bits per heavy atom. The Hall–Kier alpha value is -3.23. The fraction of sp³-hybridized carbons (Fsp3) is 0.353. The number of benzene rings is 1. The number of carbonyl (C=O) groups excluding carboxylic acids is 4. The van der Waals surface area contributed by atoms with Crippen LogP contribution in [0.4, 0.5) is 5.69 Å². The molecular weight excluding hydrogens is 342 g/mol. The summed E-state index contributed by atoms with van der Waals surface area (Å²) in [4.78, 5) is 59.5. The van der Waals surface area contributed by atoms with Crippen LogP contribution in [-0.2, 0) is 25.7 Å². The van der Waals surface area contributed by atoms with E-state index in [1.54, 1.807) is 18.2 Å². The van der Waals surface area contributed by atoms with Crippen molar-refractivity contribution in [3.05, 3.63) is 29.3 Å². The number of anilines is 1. The van der Waals surface area contributed by atoms with E-state index in [1.165, 1.54) is 4.90 Å². The van der Waals surface area contributed by atoms with Crippen molar-refractivity contribution < 1.29 is 29.1 Å². The number of aliphatic carboxylic acids is 1. The predicted octanol–water partition coefficient (Wildman–Crippen LogP) is 0.251. The minimum Gasteiger partial charge on any atom is -0.481 e. The summed E-state index contributed by atoms with van der Waals surface area (Å²) < 4.78 is 0. The molecule has 0 radical (unpaired) electrons. The summed E-state index contributed by atoms with van der Waals surface area (Å²) in [6, 6.07) is 4.07. The van der Waals surface area contributed by atoms with Crippen molar-refractivity contribution in [1.29, 1.82) is 0 Å². The molecule has 3 N–H and O–H groups in total. The van der Waals surface area contributed by atoms with Gasteiger partial charge in [-0.05, 0) is 30.2 Å². The number of nitrogens with one attached hydrogen (secondary N) is 2. The highest BCUT2D eigenvalue weighted by Gasteiger charge is 2.39. The minimum atomic E-state index is -1.06. The molecule has 1 aromatic rings. The maximum atomic E-state index is 12.5. The summed E-state index contributed by atoms with van der Waals surface area (Å²) in [7, 11) is 0. The van der Waals surface area contributed by atoms with E-state index in [1.807, 2.05) is 0 Å². The fourth-order valence-corrected chi connectivity index (χ4v) is 3.10. The second-order valence-electron chi connectivity index (χ2n) is 6.21. The molecule has 1 aromatic carbocycles. The highest BCUT2D eigenvalue weighted by Crippen LogP contribution is 2.29. The maximum absolute atomic E-state index is 12.5. The number of carboxylic acid groups (broad SMARTS) is 1. The van der Waals surface area contributed by atoms with Gasteiger partial charge in [0.25, 0.3) is 5.91 Å². The fourth-order valence-electron chi connectivity index (χ4n) is 3.10. The van der Waals surface area contributed by atoms with Crippen molar-refractivity contribution >= 4 is 35.3 Å². The Morgan fingerprint density at radius 3 is 2.69 bits per heavy atom. The minimum absolute atomic E-state index is 0.145. The number of nitrogens with zero attached hydrogens (tertiary/aromatic N) is 1. The van der Waals surface area contributed by atoms with Gasteiger partial charge in [-0.2, -0.15) is 0 Å². The summed E-state index contributed by atoms with van der Waals surface area (Å²) in [6.45, 7) is 0.208. The highest BCUT2D eigenvalue weighted by atomic mass is 16.4. The van der Waals surface area contributed by atoms with E-state index in [4.69, 9.17) is 5.11 Å². The number of hydrogen-bond acceptors (Lipinski definition) is 5. The molecule has 4 amide bonds. The first-order valence-electron chi connectivity index (χ1n) is 8.14.